The molecule has 2 heterocycles. The lowest BCUT2D eigenvalue weighted by molar-refractivity contribution is -0.171. The number of fused-ring (bicyclic) bond motifs is 2. The van der Waals surface area contributed by atoms with Crippen LogP contribution in [-0.4, -0.2) is 28.4 Å². The van der Waals surface area contributed by atoms with Crippen LogP contribution in [0.15, 0.2) is 60.8 Å². The van der Waals surface area contributed by atoms with E-state index in [1.807, 2.05) is 48.5 Å². The Morgan fingerprint density at radius 2 is 1.81 bits per heavy atom. The molecule has 2 unspecified atom stereocenters. The Kier molecular flexibility index (Phi) is 5.15. The third-order valence-electron chi connectivity index (χ3n) is 6.31. The number of nitrogens with zero attached hydrogens (tertiary/aromatic N) is 3. The van der Waals surface area contributed by atoms with E-state index in [2.05, 4.69) is 16.5 Å². The molecular weight excluding hydrogens is 417 g/mol. The highest BCUT2D eigenvalue weighted by atomic mass is 19.4. The summed E-state index contributed by atoms with van der Waals surface area (Å²) in [5.74, 6) is -0.219. The molecule has 1 aliphatic carbocycles. The Balaban J connectivity index is 1.59. The molecule has 0 spiro atoms. The maximum absolute atomic E-state index is 13.9. The predicted octanol–water partition coefficient (Wildman–Crippen LogP) is 5.53. The molecule has 1 aromatic heterocycles. The zero-order chi connectivity index (χ0) is 22.3. The number of benzene rings is 2. The zero-order valence-corrected chi connectivity index (χ0v) is 17.3. The van der Waals surface area contributed by atoms with Gasteiger partial charge in [-0.2, -0.15) is 18.3 Å². The van der Waals surface area contributed by atoms with E-state index in [1.165, 1.54) is 11.8 Å². The number of alkyl halides is 3. The van der Waals surface area contributed by atoms with Crippen LogP contribution < -0.4 is 10.2 Å². The molecular formula is C24H23F3N4O. The molecule has 1 amide bonds. The fourth-order valence-electron chi connectivity index (χ4n) is 4.84. The number of anilines is 2. The first-order valence-electron chi connectivity index (χ1n) is 10.8. The van der Waals surface area contributed by atoms with Gasteiger partial charge in [0.05, 0.1) is 12.2 Å². The Labute approximate surface area is 183 Å². The Morgan fingerprint density at radius 3 is 2.59 bits per heavy atom. The van der Waals surface area contributed by atoms with Crippen molar-refractivity contribution in [3.63, 3.8) is 0 Å². The van der Waals surface area contributed by atoms with E-state index in [1.54, 1.807) is 4.90 Å². The molecule has 2 atom stereocenters. The van der Waals surface area contributed by atoms with Crippen LogP contribution >= 0.6 is 0 Å². The van der Waals surface area contributed by atoms with Gasteiger partial charge >= 0.3 is 6.18 Å². The molecule has 0 saturated heterocycles. The van der Waals surface area contributed by atoms with Gasteiger partial charge in [-0.1, -0.05) is 42.5 Å². The van der Waals surface area contributed by atoms with E-state index >= 15 is 0 Å². The van der Waals surface area contributed by atoms with Gasteiger partial charge in [0.25, 0.3) is 5.91 Å². The van der Waals surface area contributed by atoms with E-state index < -0.39 is 12.2 Å². The van der Waals surface area contributed by atoms with Gasteiger partial charge in [-0.05, 0) is 48.9 Å². The normalized spacial score (nSPS) is 20.1. The summed E-state index contributed by atoms with van der Waals surface area (Å²) in [5.41, 5.74) is 3.15. The molecule has 166 valence electrons. The van der Waals surface area contributed by atoms with E-state index in [9.17, 15) is 18.0 Å². The largest absolute Gasteiger partial charge is 0.410 e. The maximum Gasteiger partial charge on any atom is 0.410 e. The summed E-state index contributed by atoms with van der Waals surface area (Å²) in [6.45, 7) is 0.133. The van der Waals surface area contributed by atoms with Crippen LogP contribution in [0.4, 0.5) is 24.7 Å². The third-order valence-corrected chi connectivity index (χ3v) is 6.31. The lowest BCUT2D eigenvalue weighted by atomic mass is 9.86. The second kappa shape index (κ2) is 8.00. The summed E-state index contributed by atoms with van der Waals surface area (Å²) in [6, 6.07) is 15.4. The number of carbonyl (C=O) groups is 1. The van der Waals surface area contributed by atoms with E-state index in [4.69, 9.17) is 0 Å². The van der Waals surface area contributed by atoms with Crippen LogP contribution in [0.5, 0.6) is 0 Å². The number of nitrogens with one attached hydrogen (secondary N) is 1. The first-order valence-corrected chi connectivity index (χ1v) is 10.8. The molecule has 1 N–H and O–H groups in total. The minimum atomic E-state index is -4.43. The molecule has 0 bridgehead atoms. The zero-order valence-electron chi connectivity index (χ0n) is 17.3. The molecule has 32 heavy (non-hydrogen) atoms. The molecule has 0 fully saturated rings. The summed E-state index contributed by atoms with van der Waals surface area (Å²) >= 11 is 0. The van der Waals surface area contributed by atoms with Crippen molar-refractivity contribution >= 4 is 17.4 Å². The minimum absolute atomic E-state index is 0.121. The Hall–Kier alpha value is -3.29. The van der Waals surface area contributed by atoms with E-state index in [0.29, 0.717) is 5.69 Å². The van der Waals surface area contributed by atoms with Crippen molar-refractivity contribution in [1.82, 2.24) is 9.78 Å². The summed E-state index contributed by atoms with van der Waals surface area (Å²) < 4.78 is 41.5. The van der Waals surface area contributed by atoms with Crippen molar-refractivity contribution < 1.29 is 18.0 Å². The highest BCUT2D eigenvalue weighted by Crippen LogP contribution is 2.41. The highest BCUT2D eigenvalue weighted by Gasteiger charge is 2.45. The fraction of sp³-hybridized carbons (Fsp3) is 0.333. The number of aryl methyl sites for hydroxylation is 1. The van der Waals surface area contributed by atoms with Gasteiger partial charge in [-0.3, -0.25) is 4.79 Å². The molecule has 8 heteroatoms. The third kappa shape index (κ3) is 3.53. The van der Waals surface area contributed by atoms with E-state index in [-0.39, 0.29) is 36.3 Å². The summed E-state index contributed by atoms with van der Waals surface area (Å²) in [6.07, 6.45) is -0.631. The van der Waals surface area contributed by atoms with Crippen LogP contribution in [0, 0.1) is 0 Å². The molecule has 3 aromatic rings. The van der Waals surface area contributed by atoms with Crippen molar-refractivity contribution in [1.29, 1.82) is 0 Å². The second-order valence-electron chi connectivity index (χ2n) is 8.24. The smallest absolute Gasteiger partial charge is 0.370 e. The standard InChI is InChI=1S/C24H23F3N4O/c25-24(26,27)21-13-14-28-22-19(15-29-31(21)22)23(32)30(17-9-2-1-3-10-17)20-12-6-8-16-7-4-5-11-18(16)20/h1-5,7,9-11,15,20-21,28H,6,8,12-14H2. The van der Waals surface area contributed by atoms with Gasteiger partial charge in [0.1, 0.15) is 11.4 Å². The van der Waals surface area contributed by atoms with Gasteiger partial charge in [0.15, 0.2) is 6.04 Å². The van der Waals surface area contributed by atoms with Gasteiger partial charge < -0.3 is 10.2 Å². The van der Waals surface area contributed by atoms with Crippen molar-refractivity contribution in [2.75, 3.05) is 16.8 Å². The van der Waals surface area contributed by atoms with Crippen LogP contribution in [0.3, 0.4) is 0 Å². The van der Waals surface area contributed by atoms with Crippen LogP contribution in [-0.2, 0) is 6.42 Å². The Bertz CT molecular complexity index is 1130. The quantitative estimate of drug-likeness (QED) is 0.583. The molecule has 0 saturated carbocycles. The van der Waals surface area contributed by atoms with Gasteiger partial charge in [-0.15, -0.1) is 0 Å². The minimum Gasteiger partial charge on any atom is -0.370 e. The average Bonchev–Trinajstić information content (AvgIpc) is 3.24. The SMILES string of the molecule is O=C(c1cnn2c1NCCC2C(F)(F)F)N(c1ccccc1)C1CCCc2ccccc21. The maximum atomic E-state index is 13.9. The molecule has 2 aromatic carbocycles. The van der Waals surface area contributed by atoms with Gasteiger partial charge in [-0.25, -0.2) is 4.68 Å². The van der Waals surface area contributed by atoms with Crippen LogP contribution in [0.1, 0.15) is 52.8 Å². The number of amides is 1. The van der Waals surface area contributed by atoms with Crippen LogP contribution in [0.25, 0.3) is 0 Å². The number of aromatic nitrogens is 2. The second-order valence-corrected chi connectivity index (χ2v) is 8.24. The number of hydrogen-bond acceptors (Lipinski definition) is 3. The van der Waals surface area contributed by atoms with Gasteiger partial charge in [0.2, 0.25) is 0 Å². The summed E-state index contributed by atoms with van der Waals surface area (Å²) in [5, 5.41) is 6.95. The number of halogens is 3. The molecule has 0 radical (unpaired) electrons. The fourth-order valence-corrected chi connectivity index (χ4v) is 4.84. The topological polar surface area (TPSA) is 50.2 Å². The van der Waals surface area contributed by atoms with Crippen molar-refractivity contribution in [3.05, 3.63) is 77.5 Å². The summed E-state index contributed by atoms with van der Waals surface area (Å²) in [4.78, 5) is 15.6. The lowest BCUT2D eigenvalue weighted by Gasteiger charge is -2.36. The van der Waals surface area contributed by atoms with Crippen molar-refractivity contribution in [3.8, 4) is 0 Å². The number of rotatable bonds is 3. The first-order chi connectivity index (χ1) is 15.4. The molecule has 5 nitrogen and oxygen atoms in total. The van der Waals surface area contributed by atoms with E-state index in [0.717, 1.165) is 29.5 Å². The Morgan fingerprint density at radius 1 is 1.06 bits per heavy atom. The number of carbonyl (C=O) groups excluding carboxylic acids is 1. The molecule has 2 aliphatic rings. The van der Waals surface area contributed by atoms with Crippen LogP contribution in [0.2, 0.25) is 0 Å². The molecule has 5 rings (SSSR count). The number of para-hydroxylation sites is 1. The van der Waals surface area contributed by atoms with Crippen molar-refractivity contribution in [2.45, 2.75) is 43.9 Å². The first kappa shape index (κ1) is 20.6. The monoisotopic (exact) mass is 440 g/mol. The molecule has 1 aliphatic heterocycles. The highest BCUT2D eigenvalue weighted by molar-refractivity contribution is 6.09. The lowest BCUT2D eigenvalue weighted by Crippen LogP contribution is -2.38. The number of hydrogen-bond donors (Lipinski definition) is 1. The predicted molar refractivity (Wildman–Crippen MR) is 116 cm³/mol. The van der Waals surface area contributed by atoms with Crippen molar-refractivity contribution in [2.24, 2.45) is 0 Å². The summed E-state index contributed by atoms with van der Waals surface area (Å²) in [7, 11) is 0. The average molecular weight is 440 g/mol. The van der Waals surface area contributed by atoms with Gasteiger partial charge in [0, 0.05) is 12.2 Å².